The summed E-state index contributed by atoms with van der Waals surface area (Å²) < 4.78 is 0. The van der Waals surface area contributed by atoms with Gasteiger partial charge in [0.15, 0.2) is 0 Å². The minimum absolute atomic E-state index is 0.0299. The molecule has 0 aromatic carbocycles. The zero-order valence-corrected chi connectivity index (χ0v) is 12.4. The third kappa shape index (κ3) is 4.81. The molecule has 1 amide bonds. The van der Waals surface area contributed by atoms with Crippen LogP contribution in [0.15, 0.2) is 12.1 Å². The van der Waals surface area contributed by atoms with Gasteiger partial charge < -0.3 is 15.7 Å². The van der Waals surface area contributed by atoms with Crippen molar-refractivity contribution in [3.63, 3.8) is 0 Å². The number of anilines is 1. The molecule has 0 saturated carbocycles. The monoisotopic (exact) mass is 279 g/mol. The lowest BCUT2D eigenvalue weighted by molar-refractivity contribution is 0.0719. The summed E-state index contributed by atoms with van der Waals surface area (Å²) in [6.07, 6.45) is 3.70. The first-order valence-corrected chi connectivity index (χ1v) is 7.28. The molecular weight excluding hydrogens is 254 g/mol. The van der Waals surface area contributed by atoms with Gasteiger partial charge in [-0.15, -0.1) is 0 Å². The van der Waals surface area contributed by atoms with Gasteiger partial charge in [-0.25, -0.2) is 4.98 Å². The molecule has 0 spiro atoms. The highest BCUT2D eigenvalue weighted by Crippen LogP contribution is 2.13. The fourth-order valence-electron chi connectivity index (χ4n) is 2.09. The molecule has 1 heterocycles. The van der Waals surface area contributed by atoms with Crippen molar-refractivity contribution < 1.29 is 9.90 Å². The molecule has 0 aliphatic carbocycles. The van der Waals surface area contributed by atoms with E-state index in [1.165, 1.54) is 0 Å². The third-order valence-corrected chi connectivity index (χ3v) is 3.09. The van der Waals surface area contributed by atoms with Crippen molar-refractivity contribution in [2.45, 2.75) is 39.5 Å². The second-order valence-electron chi connectivity index (χ2n) is 4.89. The maximum atomic E-state index is 12.5. The first kappa shape index (κ1) is 16.4. The van der Waals surface area contributed by atoms with Crippen molar-refractivity contribution in [1.82, 2.24) is 9.88 Å². The molecule has 112 valence electrons. The van der Waals surface area contributed by atoms with Gasteiger partial charge in [-0.3, -0.25) is 4.79 Å². The maximum absolute atomic E-state index is 12.5. The zero-order chi connectivity index (χ0) is 15.0. The van der Waals surface area contributed by atoms with Crippen molar-refractivity contribution in [1.29, 1.82) is 0 Å². The van der Waals surface area contributed by atoms with Gasteiger partial charge in [-0.05, 0) is 25.0 Å². The van der Waals surface area contributed by atoms with Crippen LogP contribution in [0.25, 0.3) is 0 Å². The van der Waals surface area contributed by atoms with E-state index in [-0.39, 0.29) is 12.5 Å². The van der Waals surface area contributed by atoms with Crippen LogP contribution in [0.2, 0.25) is 0 Å². The zero-order valence-electron chi connectivity index (χ0n) is 12.4. The van der Waals surface area contributed by atoms with E-state index in [0.29, 0.717) is 24.5 Å². The fourth-order valence-corrected chi connectivity index (χ4v) is 2.09. The number of rotatable bonds is 8. The van der Waals surface area contributed by atoms with Gasteiger partial charge in [0.2, 0.25) is 0 Å². The standard InChI is InChI=1S/C15H25N3O2/c1-3-5-7-18(8-9-19)15(20)12-10-13(6-4-2)17-14(16)11-12/h10-11,19H,3-9H2,1-2H3,(H2,16,17). The van der Waals surface area contributed by atoms with E-state index in [4.69, 9.17) is 10.8 Å². The Labute approximate surface area is 120 Å². The number of nitrogen functional groups attached to an aromatic ring is 1. The second-order valence-corrected chi connectivity index (χ2v) is 4.89. The predicted octanol–water partition coefficient (Wildman–Crippen LogP) is 1.85. The molecule has 0 fully saturated rings. The average molecular weight is 279 g/mol. The number of unbranched alkanes of at least 4 members (excludes halogenated alkanes) is 1. The molecule has 0 saturated heterocycles. The number of carbonyl (C=O) groups is 1. The highest BCUT2D eigenvalue weighted by Gasteiger charge is 2.16. The minimum atomic E-state index is -0.0843. The van der Waals surface area contributed by atoms with E-state index in [1.54, 1.807) is 17.0 Å². The highest BCUT2D eigenvalue weighted by atomic mass is 16.3. The molecule has 0 unspecified atom stereocenters. The lowest BCUT2D eigenvalue weighted by atomic mass is 10.1. The van der Waals surface area contributed by atoms with E-state index in [2.05, 4.69) is 18.8 Å². The van der Waals surface area contributed by atoms with Crippen molar-refractivity contribution in [2.75, 3.05) is 25.4 Å². The van der Waals surface area contributed by atoms with E-state index in [9.17, 15) is 4.79 Å². The molecule has 1 aromatic rings. The van der Waals surface area contributed by atoms with Crippen LogP contribution in [0.5, 0.6) is 0 Å². The Morgan fingerprint density at radius 3 is 2.65 bits per heavy atom. The Balaban J connectivity index is 2.91. The van der Waals surface area contributed by atoms with Crippen LogP contribution in [0.3, 0.4) is 0 Å². The number of aryl methyl sites for hydroxylation is 1. The van der Waals surface area contributed by atoms with E-state index in [1.807, 2.05) is 0 Å². The van der Waals surface area contributed by atoms with Crippen molar-refractivity contribution >= 4 is 11.7 Å². The summed E-state index contributed by atoms with van der Waals surface area (Å²) >= 11 is 0. The Bertz CT molecular complexity index is 435. The Kier molecular flexibility index (Phi) is 7.01. The van der Waals surface area contributed by atoms with Gasteiger partial charge >= 0.3 is 0 Å². The van der Waals surface area contributed by atoms with E-state index in [0.717, 1.165) is 31.4 Å². The van der Waals surface area contributed by atoms with Crippen LogP contribution in [0.1, 0.15) is 49.2 Å². The summed E-state index contributed by atoms with van der Waals surface area (Å²) in [4.78, 5) is 18.4. The molecule has 0 radical (unpaired) electrons. The Morgan fingerprint density at radius 1 is 1.30 bits per heavy atom. The van der Waals surface area contributed by atoms with Crippen molar-refractivity contribution in [3.8, 4) is 0 Å². The summed E-state index contributed by atoms with van der Waals surface area (Å²) in [5, 5.41) is 9.09. The first-order chi connectivity index (χ1) is 9.62. The normalized spacial score (nSPS) is 10.6. The number of pyridine rings is 1. The van der Waals surface area contributed by atoms with Crippen LogP contribution in [0.4, 0.5) is 5.82 Å². The summed E-state index contributed by atoms with van der Waals surface area (Å²) in [6, 6.07) is 3.41. The number of aliphatic hydroxyl groups is 1. The summed E-state index contributed by atoms with van der Waals surface area (Å²) in [5.74, 6) is 0.290. The smallest absolute Gasteiger partial charge is 0.254 e. The molecule has 20 heavy (non-hydrogen) atoms. The number of nitrogens with zero attached hydrogens (tertiary/aromatic N) is 2. The lowest BCUT2D eigenvalue weighted by Crippen LogP contribution is -2.34. The molecule has 0 aliphatic rings. The largest absolute Gasteiger partial charge is 0.395 e. The second kappa shape index (κ2) is 8.53. The summed E-state index contributed by atoms with van der Waals surface area (Å²) in [6.45, 7) is 5.11. The number of aliphatic hydroxyl groups excluding tert-OH is 1. The molecule has 5 nitrogen and oxygen atoms in total. The number of aromatic nitrogens is 1. The SMILES string of the molecule is CCCCN(CCO)C(=O)c1cc(N)nc(CCC)c1. The molecule has 5 heteroatoms. The molecule has 0 bridgehead atoms. The molecular formula is C15H25N3O2. The average Bonchev–Trinajstić information content (AvgIpc) is 2.42. The Hall–Kier alpha value is -1.62. The minimum Gasteiger partial charge on any atom is -0.395 e. The van der Waals surface area contributed by atoms with Crippen LogP contribution in [0, 0.1) is 0 Å². The fraction of sp³-hybridized carbons (Fsp3) is 0.600. The number of nitrogens with two attached hydrogens (primary N) is 1. The number of carbonyl (C=O) groups excluding carboxylic acids is 1. The maximum Gasteiger partial charge on any atom is 0.254 e. The number of hydrogen-bond donors (Lipinski definition) is 2. The quantitative estimate of drug-likeness (QED) is 0.761. The number of hydrogen-bond acceptors (Lipinski definition) is 4. The number of amides is 1. The van der Waals surface area contributed by atoms with Gasteiger partial charge in [0, 0.05) is 24.3 Å². The van der Waals surface area contributed by atoms with Gasteiger partial charge in [0.25, 0.3) is 5.91 Å². The van der Waals surface area contributed by atoms with Crippen molar-refractivity contribution in [3.05, 3.63) is 23.4 Å². The van der Waals surface area contributed by atoms with E-state index < -0.39 is 0 Å². The highest BCUT2D eigenvalue weighted by molar-refractivity contribution is 5.95. The predicted molar refractivity (Wildman–Crippen MR) is 80.5 cm³/mol. The summed E-state index contributed by atoms with van der Waals surface area (Å²) in [5.41, 5.74) is 7.17. The van der Waals surface area contributed by atoms with Crippen LogP contribution < -0.4 is 5.73 Å². The molecule has 0 atom stereocenters. The lowest BCUT2D eigenvalue weighted by Gasteiger charge is -2.22. The van der Waals surface area contributed by atoms with Crippen molar-refractivity contribution in [2.24, 2.45) is 0 Å². The topological polar surface area (TPSA) is 79.5 Å². The van der Waals surface area contributed by atoms with Crippen LogP contribution >= 0.6 is 0 Å². The van der Waals surface area contributed by atoms with Gasteiger partial charge in [-0.2, -0.15) is 0 Å². The van der Waals surface area contributed by atoms with Crippen LogP contribution in [-0.2, 0) is 6.42 Å². The molecule has 0 aliphatic heterocycles. The van der Waals surface area contributed by atoms with Gasteiger partial charge in [0.1, 0.15) is 5.82 Å². The first-order valence-electron chi connectivity index (χ1n) is 7.28. The molecule has 3 N–H and O–H groups in total. The van der Waals surface area contributed by atoms with Gasteiger partial charge in [0.05, 0.1) is 6.61 Å². The van der Waals surface area contributed by atoms with E-state index >= 15 is 0 Å². The third-order valence-electron chi connectivity index (χ3n) is 3.09. The molecule has 1 rings (SSSR count). The Morgan fingerprint density at radius 2 is 2.05 bits per heavy atom. The molecule has 1 aromatic heterocycles. The van der Waals surface area contributed by atoms with Gasteiger partial charge in [-0.1, -0.05) is 26.7 Å². The summed E-state index contributed by atoms with van der Waals surface area (Å²) in [7, 11) is 0. The van der Waals surface area contributed by atoms with Crippen LogP contribution in [-0.4, -0.2) is 40.6 Å².